The molecule has 1 heterocycles. The number of rotatable bonds is 3. The maximum atomic E-state index is 11.5. The van der Waals surface area contributed by atoms with Crippen molar-refractivity contribution in [2.75, 3.05) is 13.7 Å². The quantitative estimate of drug-likeness (QED) is 0.632. The van der Waals surface area contributed by atoms with Crippen molar-refractivity contribution in [3.63, 3.8) is 0 Å². The van der Waals surface area contributed by atoms with Crippen LogP contribution in [0.4, 0.5) is 0 Å². The van der Waals surface area contributed by atoms with Crippen LogP contribution in [-0.2, 0) is 4.74 Å². The Balaban J connectivity index is 2.53. The minimum Gasteiger partial charge on any atom is -0.494 e. The summed E-state index contributed by atoms with van der Waals surface area (Å²) in [5.41, 5.74) is 0.939. The van der Waals surface area contributed by atoms with Gasteiger partial charge in [0.1, 0.15) is 10.9 Å². The summed E-state index contributed by atoms with van der Waals surface area (Å²) in [6.07, 6.45) is 0. The highest BCUT2D eigenvalue weighted by Gasteiger charge is 2.13. The highest BCUT2D eigenvalue weighted by molar-refractivity contribution is 6.32. The summed E-state index contributed by atoms with van der Waals surface area (Å²) in [6.45, 7) is 2.49. The van der Waals surface area contributed by atoms with Gasteiger partial charge in [-0.05, 0) is 25.1 Å². The summed E-state index contributed by atoms with van der Waals surface area (Å²) in [4.78, 5) is 15.6. The summed E-state index contributed by atoms with van der Waals surface area (Å²) in [7, 11) is 1.31. The van der Waals surface area contributed by atoms with E-state index in [1.165, 1.54) is 7.11 Å². The summed E-state index contributed by atoms with van der Waals surface area (Å²) >= 11 is 5.95. The third-order valence-corrected chi connectivity index (χ3v) is 2.75. The zero-order valence-electron chi connectivity index (χ0n) is 10.1. The monoisotopic (exact) mass is 265 g/mol. The second kappa shape index (κ2) is 5.23. The number of methoxy groups -OCH3 is 1. The minimum absolute atomic E-state index is 0.128. The lowest BCUT2D eigenvalue weighted by molar-refractivity contribution is 0.0600. The molecule has 0 saturated carbocycles. The standard InChI is InChI=1S/C13H12ClNO3/c1-3-18-9-5-4-8-6-10(13(16)17-2)12(14)15-11(8)7-9/h4-7H,3H2,1-2H3. The van der Waals surface area contributed by atoms with Crippen LogP contribution in [0.2, 0.25) is 5.15 Å². The first kappa shape index (κ1) is 12.6. The molecule has 2 aromatic rings. The van der Waals surface area contributed by atoms with Crippen LogP contribution in [0.1, 0.15) is 17.3 Å². The summed E-state index contributed by atoms with van der Waals surface area (Å²) in [6, 6.07) is 7.09. The molecule has 0 spiro atoms. The predicted octanol–water partition coefficient (Wildman–Crippen LogP) is 3.07. The van der Waals surface area contributed by atoms with E-state index >= 15 is 0 Å². The van der Waals surface area contributed by atoms with Crippen molar-refractivity contribution in [2.24, 2.45) is 0 Å². The molecule has 0 bridgehead atoms. The number of hydrogen-bond acceptors (Lipinski definition) is 4. The highest BCUT2D eigenvalue weighted by Crippen LogP contribution is 2.24. The van der Waals surface area contributed by atoms with Crippen LogP contribution in [0.25, 0.3) is 10.9 Å². The molecule has 0 atom stereocenters. The van der Waals surface area contributed by atoms with Crippen molar-refractivity contribution < 1.29 is 14.3 Å². The number of esters is 1. The van der Waals surface area contributed by atoms with E-state index in [9.17, 15) is 4.79 Å². The van der Waals surface area contributed by atoms with Gasteiger partial charge in [0.25, 0.3) is 0 Å². The molecule has 5 heteroatoms. The molecule has 2 rings (SSSR count). The summed E-state index contributed by atoms with van der Waals surface area (Å²) in [5.74, 6) is 0.225. The number of hydrogen-bond donors (Lipinski definition) is 0. The number of halogens is 1. The Morgan fingerprint density at radius 3 is 2.83 bits per heavy atom. The third-order valence-electron chi connectivity index (χ3n) is 2.46. The fourth-order valence-electron chi connectivity index (χ4n) is 1.63. The van der Waals surface area contributed by atoms with E-state index in [-0.39, 0.29) is 10.7 Å². The maximum Gasteiger partial charge on any atom is 0.341 e. The van der Waals surface area contributed by atoms with Crippen molar-refractivity contribution >= 4 is 28.5 Å². The molecule has 0 aliphatic heterocycles. The molecule has 0 unspecified atom stereocenters. The molecule has 0 aliphatic rings. The third kappa shape index (κ3) is 2.38. The van der Waals surface area contributed by atoms with Crippen LogP contribution in [0.15, 0.2) is 24.3 Å². The first-order valence-corrected chi connectivity index (χ1v) is 5.85. The van der Waals surface area contributed by atoms with Crippen LogP contribution in [0, 0.1) is 0 Å². The lowest BCUT2D eigenvalue weighted by atomic mass is 10.1. The van der Waals surface area contributed by atoms with E-state index in [1.54, 1.807) is 12.1 Å². The van der Waals surface area contributed by atoms with Crippen molar-refractivity contribution in [3.05, 3.63) is 35.0 Å². The Kier molecular flexibility index (Phi) is 3.67. The Bertz CT molecular complexity index is 598. The van der Waals surface area contributed by atoms with Crippen LogP contribution in [-0.4, -0.2) is 24.7 Å². The van der Waals surface area contributed by atoms with Gasteiger partial charge < -0.3 is 9.47 Å². The van der Waals surface area contributed by atoms with Crippen LogP contribution < -0.4 is 4.74 Å². The molecule has 94 valence electrons. The largest absolute Gasteiger partial charge is 0.494 e. The van der Waals surface area contributed by atoms with Gasteiger partial charge in [-0.3, -0.25) is 0 Å². The van der Waals surface area contributed by atoms with E-state index < -0.39 is 5.97 Å². The lowest BCUT2D eigenvalue weighted by Gasteiger charge is -2.06. The molecular weight excluding hydrogens is 254 g/mol. The Labute approximate surface area is 109 Å². The van der Waals surface area contributed by atoms with Crippen molar-refractivity contribution in [1.29, 1.82) is 0 Å². The predicted molar refractivity (Wildman–Crippen MR) is 69.3 cm³/mol. The van der Waals surface area contributed by atoms with Crippen molar-refractivity contribution in [2.45, 2.75) is 6.92 Å². The average Bonchev–Trinajstić information content (AvgIpc) is 2.37. The molecule has 0 aliphatic carbocycles. The van der Waals surface area contributed by atoms with Gasteiger partial charge in [-0.2, -0.15) is 0 Å². The molecular formula is C13H12ClNO3. The van der Waals surface area contributed by atoms with Gasteiger partial charge in [0.2, 0.25) is 0 Å². The number of nitrogens with zero attached hydrogens (tertiary/aromatic N) is 1. The topological polar surface area (TPSA) is 48.4 Å². The second-order valence-corrected chi connectivity index (χ2v) is 3.96. The Hall–Kier alpha value is -1.81. The minimum atomic E-state index is -0.497. The number of benzene rings is 1. The number of pyridine rings is 1. The molecule has 1 aromatic heterocycles. The lowest BCUT2D eigenvalue weighted by Crippen LogP contribution is -2.03. The van der Waals surface area contributed by atoms with Crippen LogP contribution in [0.3, 0.4) is 0 Å². The molecule has 18 heavy (non-hydrogen) atoms. The fourth-order valence-corrected chi connectivity index (χ4v) is 1.86. The van der Waals surface area contributed by atoms with Crippen molar-refractivity contribution in [3.8, 4) is 5.75 Å². The van der Waals surface area contributed by atoms with Gasteiger partial charge in [-0.25, -0.2) is 9.78 Å². The van der Waals surface area contributed by atoms with Gasteiger partial charge >= 0.3 is 5.97 Å². The molecule has 0 amide bonds. The Morgan fingerprint density at radius 1 is 1.39 bits per heavy atom. The smallest absolute Gasteiger partial charge is 0.341 e. The van der Waals surface area contributed by atoms with E-state index in [1.807, 2.05) is 19.1 Å². The first-order valence-electron chi connectivity index (χ1n) is 5.47. The van der Waals surface area contributed by atoms with E-state index in [0.717, 1.165) is 11.1 Å². The number of ether oxygens (including phenoxy) is 2. The number of aromatic nitrogens is 1. The van der Waals surface area contributed by atoms with Gasteiger partial charge in [0.05, 0.1) is 24.8 Å². The fraction of sp³-hybridized carbons (Fsp3) is 0.231. The van der Waals surface area contributed by atoms with Gasteiger partial charge in [-0.1, -0.05) is 11.6 Å². The van der Waals surface area contributed by atoms with Gasteiger partial charge in [0, 0.05) is 11.5 Å². The molecule has 1 aromatic carbocycles. The molecule has 0 saturated heterocycles. The zero-order valence-corrected chi connectivity index (χ0v) is 10.8. The van der Waals surface area contributed by atoms with E-state index in [0.29, 0.717) is 12.1 Å². The number of carbonyl (C=O) groups is 1. The summed E-state index contributed by atoms with van der Waals surface area (Å²) < 4.78 is 10.0. The first-order chi connectivity index (χ1) is 8.65. The number of fused-ring (bicyclic) bond motifs is 1. The van der Waals surface area contributed by atoms with Gasteiger partial charge in [0.15, 0.2) is 0 Å². The summed E-state index contributed by atoms with van der Waals surface area (Å²) in [5, 5.41) is 0.936. The van der Waals surface area contributed by atoms with Crippen LogP contribution in [0.5, 0.6) is 5.75 Å². The highest BCUT2D eigenvalue weighted by atomic mass is 35.5. The van der Waals surface area contributed by atoms with E-state index in [2.05, 4.69) is 9.72 Å². The molecule has 0 radical (unpaired) electrons. The average molecular weight is 266 g/mol. The normalized spacial score (nSPS) is 10.4. The molecule has 0 N–H and O–H groups in total. The van der Waals surface area contributed by atoms with Crippen molar-refractivity contribution in [1.82, 2.24) is 4.98 Å². The second-order valence-electron chi connectivity index (χ2n) is 3.61. The Morgan fingerprint density at radius 2 is 2.17 bits per heavy atom. The number of carbonyl (C=O) groups excluding carboxylic acids is 1. The van der Waals surface area contributed by atoms with Gasteiger partial charge in [-0.15, -0.1) is 0 Å². The zero-order chi connectivity index (χ0) is 13.1. The maximum absolute atomic E-state index is 11.5. The SMILES string of the molecule is CCOc1ccc2cc(C(=O)OC)c(Cl)nc2c1. The molecule has 0 fully saturated rings. The van der Waals surface area contributed by atoms with E-state index in [4.69, 9.17) is 16.3 Å². The molecule has 4 nitrogen and oxygen atoms in total. The van der Waals surface area contributed by atoms with Crippen LogP contribution >= 0.6 is 11.6 Å².